The fourth-order valence-electron chi connectivity index (χ4n) is 20.7. The monoisotopic (exact) mass is 1360 g/mol. The van der Waals surface area contributed by atoms with E-state index in [1.54, 1.807) is 0 Å². The van der Waals surface area contributed by atoms with Gasteiger partial charge in [0.25, 0.3) is 20.1 Å². The predicted molar refractivity (Wildman–Crippen MR) is 444 cm³/mol. The van der Waals surface area contributed by atoms with Crippen molar-refractivity contribution in [1.82, 2.24) is 9.97 Å². The molecule has 8 heterocycles. The van der Waals surface area contributed by atoms with Crippen molar-refractivity contribution < 1.29 is 9.47 Å². The van der Waals surface area contributed by atoms with Gasteiger partial charge in [-0.3, -0.25) is 9.97 Å². The Hall–Kier alpha value is -11.3. The lowest BCUT2D eigenvalue weighted by Gasteiger charge is -2.48. The third-order valence-electron chi connectivity index (χ3n) is 23.8. The molecule has 0 radical (unpaired) electrons. The minimum atomic E-state index is -0.307. The van der Waals surface area contributed by atoms with E-state index in [0.29, 0.717) is 0 Å². The van der Waals surface area contributed by atoms with Crippen molar-refractivity contribution in [3.8, 4) is 56.4 Å². The molecule has 0 spiro atoms. The number of ether oxygens (including phenoxy) is 2. The highest BCUT2D eigenvalue weighted by Gasteiger charge is 2.51. The zero-order valence-electron chi connectivity index (χ0n) is 63.5. The second-order valence-corrected chi connectivity index (χ2v) is 31.8. The number of nitrogens with one attached hydrogen (secondary N) is 1. The highest BCUT2D eigenvalue weighted by Crippen LogP contribution is 2.54. The summed E-state index contributed by atoms with van der Waals surface area (Å²) in [6, 6.07) is 57.4. The number of fused-ring (bicyclic) bond motifs is 12. The topological polar surface area (TPSA) is 66.0 Å². The second kappa shape index (κ2) is 23.1. The van der Waals surface area contributed by atoms with Crippen LogP contribution < -0.4 is 78.7 Å². The molecule has 6 aliphatic heterocycles. The summed E-state index contributed by atoms with van der Waals surface area (Å²) >= 11 is 0. The van der Waals surface area contributed by atoms with Crippen molar-refractivity contribution in [3.63, 3.8) is 0 Å². The van der Waals surface area contributed by atoms with Gasteiger partial charge in [-0.05, 0) is 335 Å². The van der Waals surface area contributed by atoms with Crippen LogP contribution in [0.4, 0.5) is 62.6 Å². The van der Waals surface area contributed by atoms with Gasteiger partial charge in [0.05, 0.1) is 17.1 Å². The lowest BCUT2D eigenvalue weighted by molar-refractivity contribution is 0.487. The van der Waals surface area contributed by atoms with Gasteiger partial charge in [-0.15, -0.1) is 0 Å². The normalized spacial score (nSPS) is 13.5. The van der Waals surface area contributed by atoms with Crippen molar-refractivity contribution in [2.75, 3.05) is 20.0 Å². The average molecular weight is 1360 g/mol. The fraction of sp³-hybridized carbons (Fsp3) is 0.191. The van der Waals surface area contributed by atoms with Crippen LogP contribution in [0.15, 0.2) is 170 Å². The summed E-state index contributed by atoms with van der Waals surface area (Å²) in [5.41, 5.74) is 52.2. The first-order chi connectivity index (χ1) is 50.4. The van der Waals surface area contributed by atoms with Crippen LogP contribution in [0.3, 0.4) is 0 Å². The van der Waals surface area contributed by atoms with Crippen LogP contribution in [0.25, 0.3) is 33.4 Å². The van der Waals surface area contributed by atoms with E-state index in [-0.39, 0.29) is 20.1 Å². The van der Waals surface area contributed by atoms with Gasteiger partial charge < -0.3 is 29.5 Å². The quantitative estimate of drug-likeness (QED) is 0.165. The molecule has 8 nitrogen and oxygen atoms in total. The Labute approximate surface area is 619 Å². The summed E-state index contributed by atoms with van der Waals surface area (Å²) in [5.74, 6) is 3.36. The molecule has 0 bridgehead atoms. The molecule has 11 heteroatoms. The van der Waals surface area contributed by atoms with Crippen LogP contribution in [-0.2, 0) is 0 Å². The summed E-state index contributed by atoms with van der Waals surface area (Å²) in [6.07, 6.45) is 7.88. The van der Waals surface area contributed by atoms with Crippen molar-refractivity contribution in [3.05, 3.63) is 271 Å². The first-order valence-electron chi connectivity index (χ1n) is 37.2. The molecule has 0 amide bonds. The zero-order valence-corrected chi connectivity index (χ0v) is 63.5. The molecule has 0 unspecified atom stereocenters. The fourth-order valence-corrected chi connectivity index (χ4v) is 20.7. The van der Waals surface area contributed by atoms with Gasteiger partial charge in [-0.2, -0.15) is 0 Å². The van der Waals surface area contributed by atoms with Gasteiger partial charge in [0.2, 0.25) is 0 Å². The number of hydrogen-bond donors (Lipinski definition) is 1. The second-order valence-electron chi connectivity index (χ2n) is 31.8. The molecule has 0 aliphatic carbocycles. The van der Waals surface area contributed by atoms with Crippen LogP contribution in [0, 0.1) is 125 Å². The van der Waals surface area contributed by atoms with Gasteiger partial charge >= 0.3 is 0 Å². The van der Waals surface area contributed by atoms with Crippen molar-refractivity contribution in [2.24, 2.45) is 0 Å². The third-order valence-corrected chi connectivity index (χ3v) is 23.8. The predicted octanol–water partition coefficient (Wildman–Crippen LogP) is 18.2. The first-order valence-corrected chi connectivity index (χ1v) is 37.2. The molecular formula is C94H83B3N6O2. The molecule has 0 saturated heterocycles. The lowest BCUT2D eigenvalue weighted by atomic mass is 9.29. The largest absolute Gasteiger partial charge is 0.458 e. The molecule has 13 aromatic rings. The Morgan fingerprint density at radius 3 is 0.981 bits per heavy atom. The Balaban J connectivity index is 0.973. The molecule has 0 saturated carbocycles. The van der Waals surface area contributed by atoms with Gasteiger partial charge in [0, 0.05) is 70.3 Å². The molecule has 19 rings (SSSR count). The van der Waals surface area contributed by atoms with Crippen LogP contribution in [-0.4, -0.2) is 30.1 Å². The molecule has 11 aromatic carbocycles. The van der Waals surface area contributed by atoms with E-state index >= 15 is 0 Å². The van der Waals surface area contributed by atoms with Gasteiger partial charge in [0.15, 0.2) is 0 Å². The van der Waals surface area contributed by atoms with E-state index in [1.165, 1.54) is 161 Å². The van der Waals surface area contributed by atoms with E-state index in [2.05, 4.69) is 296 Å². The number of benzene rings is 11. The smallest absolute Gasteiger partial charge is 0.258 e. The van der Waals surface area contributed by atoms with Crippen molar-refractivity contribution in [2.45, 2.75) is 125 Å². The molecule has 0 fully saturated rings. The van der Waals surface area contributed by atoms with Crippen LogP contribution in [0.2, 0.25) is 0 Å². The number of nitrogens with zero attached hydrogens (tertiary/aromatic N) is 5. The van der Waals surface area contributed by atoms with Crippen LogP contribution in [0.5, 0.6) is 23.0 Å². The number of rotatable bonds is 6. The summed E-state index contributed by atoms with van der Waals surface area (Å²) in [7, 11) is 0. The summed E-state index contributed by atoms with van der Waals surface area (Å²) in [5, 5.41) is 4.22. The lowest BCUT2D eigenvalue weighted by Crippen LogP contribution is -2.66. The SMILES string of the molecule is Cc1cc(C)c(-c2cc3c4c(c2)Oc2ccncc2B4c2cc4c(cc2N3)N(c2c(C)cc(C)cc2C)c2cc(-c3c(C)cc(C)cc3C)cc3c2B4c2cc4c(cc2N3c2c(C)cc(C)cc2C)N(c2c(C)cc(C)cc2C)c2cc(-c3c(C)cc(C)cc3C)cc3c2B4c2cnccc2O3)c(C)c1. The van der Waals surface area contributed by atoms with E-state index in [1.807, 2.05) is 18.6 Å². The molecule has 105 heavy (non-hydrogen) atoms. The van der Waals surface area contributed by atoms with Crippen LogP contribution in [0.1, 0.15) is 100 Å². The Bertz CT molecular complexity index is 5990. The van der Waals surface area contributed by atoms with Gasteiger partial charge in [0.1, 0.15) is 23.0 Å². The van der Waals surface area contributed by atoms with Gasteiger partial charge in [-0.1, -0.05) is 118 Å². The summed E-state index contributed by atoms with van der Waals surface area (Å²) in [6.45, 7) is 40.0. The molecule has 6 aliphatic rings. The van der Waals surface area contributed by atoms with Crippen molar-refractivity contribution in [1.29, 1.82) is 0 Å². The minimum absolute atomic E-state index is 0.218. The maximum atomic E-state index is 7.38. The highest BCUT2D eigenvalue weighted by molar-refractivity contribution is 7.04. The van der Waals surface area contributed by atoms with Crippen molar-refractivity contribution >= 4 is 132 Å². The third kappa shape index (κ3) is 9.55. The molecule has 1 N–H and O–H groups in total. The first kappa shape index (κ1) is 64.5. The molecule has 0 atom stereocenters. The maximum Gasteiger partial charge on any atom is 0.258 e. The zero-order chi connectivity index (χ0) is 72.5. The van der Waals surface area contributed by atoms with E-state index in [9.17, 15) is 0 Å². The maximum absolute atomic E-state index is 7.38. The number of aryl methyl sites for hydroxylation is 18. The molecule has 510 valence electrons. The Morgan fingerprint density at radius 2 is 0.581 bits per heavy atom. The number of hydrogen-bond acceptors (Lipinski definition) is 8. The van der Waals surface area contributed by atoms with Crippen LogP contribution >= 0.6 is 0 Å². The molecule has 2 aromatic heterocycles. The minimum Gasteiger partial charge on any atom is -0.458 e. The molecular weight excluding hydrogens is 1280 g/mol. The Morgan fingerprint density at radius 1 is 0.267 bits per heavy atom. The van der Waals surface area contributed by atoms with E-state index in [4.69, 9.17) is 19.4 Å². The number of pyridine rings is 2. The Kier molecular flexibility index (Phi) is 14.2. The van der Waals surface area contributed by atoms with E-state index < -0.39 is 0 Å². The standard InChI is InChI=1S/C94H83B3N6O2/c1-47-23-53(7)86(54(8)24-47)65-35-75-89-84(39-65)104-82-19-21-98-45-72(82)95(89)68-41-69-76(43-74(68)100-75)101(92-59(13)29-50(4)30-60(92)14)79-36-66(87-55(9)25-48(2)26-56(87)10)37-80-90(79)96(69)70-42-71-78(44-77(70)102(80)93-61(15)31-51(5)32-62(93)16)103(94-63(17)33-52(6)34-64(94)18)81-38-67(88-57(11)27-49(3)28-58(88)12)40-85-91(81)97(71)73-46-99-22-20-83(73)105-85/h19-46,100H,1-18H3. The summed E-state index contributed by atoms with van der Waals surface area (Å²) < 4.78 is 14.6. The summed E-state index contributed by atoms with van der Waals surface area (Å²) in [4.78, 5) is 17.9. The van der Waals surface area contributed by atoms with E-state index in [0.717, 1.165) is 107 Å². The average Bonchev–Trinajstić information content (AvgIpc) is 0.682. The highest BCUT2D eigenvalue weighted by atomic mass is 16.5. The van der Waals surface area contributed by atoms with Gasteiger partial charge in [-0.25, -0.2) is 0 Å². The number of anilines is 11. The number of aromatic nitrogens is 2.